The lowest BCUT2D eigenvalue weighted by atomic mass is 10.1. The van der Waals surface area contributed by atoms with Gasteiger partial charge in [0.2, 0.25) is 0 Å². The molecule has 130 valence electrons. The summed E-state index contributed by atoms with van der Waals surface area (Å²) in [6.45, 7) is 1.01. The first-order valence-electron chi connectivity index (χ1n) is 8.23. The van der Waals surface area contributed by atoms with Crippen LogP contribution in [-0.4, -0.2) is 48.6 Å². The summed E-state index contributed by atoms with van der Waals surface area (Å²) in [7, 11) is 0. The van der Waals surface area contributed by atoms with Gasteiger partial charge >= 0.3 is 11.9 Å². The van der Waals surface area contributed by atoms with Crippen molar-refractivity contribution >= 4 is 11.9 Å². The van der Waals surface area contributed by atoms with Crippen molar-refractivity contribution in [3.05, 3.63) is 0 Å². The number of esters is 2. The van der Waals surface area contributed by atoms with E-state index in [0.717, 1.165) is 25.7 Å². The van der Waals surface area contributed by atoms with Gasteiger partial charge in [0.05, 0.1) is 13.2 Å². The van der Waals surface area contributed by atoms with E-state index in [1.807, 2.05) is 0 Å². The van der Waals surface area contributed by atoms with Gasteiger partial charge < -0.3 is 19.7 Å². The topological polar surface area (TPSA) is 93.1 Å². The second kappa shape index (κ2) is 16.2. The lowest BCUT2D eigenvalue weighted by Gasteiger charge is -2.05. The van der Waals surface area contributed by atoms with Crippen LogP contribution in [0.2, 0.25) is 0 Å². The minimum absolute atomic E-state index is 0.126. The SMILES string of the molecule is O=C(CCCCCCC(=O)OCCCCO)OCCCCO. The smallest absolute Gasteiger partial charge is 0.305 e. The highest BCUT2D eigenvalue weighted by Gasteiger charge is 2.04. The quantitative estimate of drug-likeness (QED) is 0.354. The van der Waals surface area contributed by atoms with Crippen molar-refractivity contribution in [2.24, 2.45) is 0 Å². The maximum atomic E-state index is 11.3. The molecule has 0 bridgehead atoms. The van der Waals surface area contributed by atoms with Gasteiger partial charge in [0, 0.05) is 26.1 Å². The lowest BCUT2D eigenvalue weighted by molar-refractivity contribution is -0.145. The zero-order valence-electron chi connectivity index (χ0n) is 13.4. The van der Waals surface area contributed by atoms with Crippen LogP contribution < -0.4 is 0 Å². The summed E-state index contributed by atoms with van der Waals surface area (Å²) in [6, 6.07) is 0. The number of hydrogen-bond donors (Lipinski definition) is 2. The Morgan fingerprint density at radius 3 is 1.36 bits per heavy atom. The summed E-state index contributed by atoms with van der Waals surface area (Å²) in [6.07, 6.45) is 6.84. The highest BCUT2D eigenvalue weighted by atomic mass is 16.5. The van der Waals surface area contributed by atoms with Gasteiger partial charge in [0.1, 0.15) is 0 Å². The molecule has 0 aliphatic rings. The largest absolute Gasteiger partial charge is 0.466 e. The van der Waals surface area contributed by atoms with Crippen LogP contribution in [0.25, 0.3) is 0 Å². The second-order valence-electron chi connectivity index (χ2n) is 5.22. The van der Waals surface area contributed by atoms with Gasteiger partial charge in [-0.1, -0.05) is 12.8 Å². The fourth-order valence-corrected chi connectivity index (χ4v) is 1.84. The van der Waals surface area contributed by atoms with Crippen LogP contribution in [0, 0.1) is 0 Å². The monoisotopic (exact) mass is 318 g/mol. The third-order valence-electron chi connectivity index (χ3n) is 3.14. The molecule has 0 atom stereocenters. The number of carbonyl (C=O) groups is 2. The number of aliphatic hydroxyl groups is 2. The van der Waals surface area contributed by atoms with Crippen molar-refractivity contribution in [2.45, 2.75) is 64.2 Å². The molecule has 0 spiro atoms. The summed E-state index contributed by atoms with van der Waals surface area (Å²) in [4.78, 5) is 22.7. The van der Waals surface area contributed by atoms with E-state index in [9.17, 15) is 9.59 Å². The molecule has 0 saturated carbocycles. The Balaban J connectivity index is 3.28. The van der Waals surface area contributed by atoms with Gasteiger partial charge in [-0.3, -0.25) is 9.59 Å². The number of carbonyl (C=O) groups excluding carboxylic acids is 2. The number of aliphatic hydroxyl groups excluding tert-OH is 2. The Kier molecular flexibility index (Phi) is 15.4. The molecule has 0 aromatic heterocycles. The number of ether oxygens (including phenoxy) is 2. The van der Waals surface area contributed by atoms with Gasteiger partial charge in [-0.2, -0.15) is 0 Å². The van der Waals surface area contributed by atoms with Crippen LogP contribution in [0.15, 0.2) is 0 Å². The van der Waals surface area contributed by atoms with Crippen molar-refractivity contribution in [1.29, 1.82) is 0 Å². The van der Waals surface area contributed by atoms with Crippen molar-refractivity contribution < 1.29 is 29.3 Å². The molecule has 0 radical (unpaired) electrons. The third kappa shape index (κ3) is 15.3. The molecule has 0 unspecified atom stereocenters. The van der Waals surface area contributed by atoms with E-state index < -0.39 is 0 Å². The molecule has 0 aliphatic heterocycles. The van der Waals surface area contributed by atoms with E-state index >= 15 is 0 Å². The van der Waals surface area contributed by atoms with Crippen LogP contribution in [-0.2, 0) is 19.1 Å². The van der Waals surface area contributed by atoms with Crippen molar-refractivity contribution in [3.8, 4) is 0 Å². The molecule has 0 aromatic carbocycles. The second-order valence-corrected chi connectivity index (χ2v) is 5.22. The molecule has 0 rings (SSSR count). The van der Waals surface area contributed by atoms with E-state index in [2.05, 4.69) is 0 Å². The number of rotatable bonds is 15. The lowest BCUT2D eigenvalue weighted by Crippen LogP contribution is -2.07. The molecule has 0 amide bonds. The highest BCUT2D eigenvalue weighted by Crippen LogP contribution is 2.07. The molecule has 22 heavy (non-hydrogen) atoms. The zero-order chi connectivity index (χ0) is 16.5. The maximum absolute atomic E-state index is 11.3. The van der Waals surface area contributed by atoms with Gasteiger partial charge in [-0.25, -0.2) is 0 Å². The fourth-order valence-electron chi connectivity index (χ4n) is 1.84. The van der Waals surface area contributed by atoms with Crippen LogP contribution in [0.3, 0.4) is 0 Å². The minimum atomic E-state index is -0.193. The van der Waals surface area contributed by atoms with Crippen molar-refractivity contribution in [1.82, 2.24) is 0 Å². The fraction of sp³-hybridized carbons (Fsp3) is 0.875. The highest BCUT2D eigenvalue weighted by molar-refractivity contribution is 5.69. The number of hydrogen-bond acceptors (Lipinski definition) is 6. The Morgan fingerprint density at radius 1 is 0.591 bits per heavy atom. The molecule has 2 N–H and O–H groups in total. The first-order chi connectivity index (χ1) is 10.7. The maximum Gasteiger partial charge on any atom is 0.305 e. The van der Waals surface area contributed by atoms with Crippen LogP contribution in [0.4, 0.5) is 0 Å². The van der Waals surface area contributed by atoms with E-state index in [1.54, 1.807) is 0 Å². The molecule has 6 nitrogen and oxygen atoms in total. The predicted molar refractivity (Wildman–Crippen MR) is 82.3 cm³/mol. The molecule has 0 aliphatic carbocycles. The predicted octanol–water partition coefficient (Wildman–Crippen LogP) is 1.96. The number of unbranched alkanes of at least 4 members (excludes halogenated alkanes) is 5. The summed E-state index contributed by atoms with van der Waals surface area (Å²) in [5.74, 6) is -0.387. The molecule has 6 heteroatoms. The summed E-state index contributed by atoms with van der Waals surface area (Å²) >= 11 is 0. The zero-order valence-corrected chi connectivity index (χ0v) is 13.4. The van der Waals surface area contributed by atoms with E-state index in [1.165, 1.54) is 0 Å². The van der Waals surface area contributed by atoms with Gasteiger partial charge in [0.25, 0.3) is 0 Å². The van der Waals surface area contributed by atoms with Crippen molar-refractivity contribution in [2.75, 3.05) is 26.4 Å². The normalized spacial score (nSPS) is 10.5. The van der Waals surface area contributed by atoms with Crippen LogP contribution in [0.1, 0.15) is 64.2 Å². The van der Waals surface area contributed by atoms with E-state index in [4.69, 9.17) is 19.7 Å². The summed E-state index contributed by atoms with van der Waals surface area (Å²) in [5, 5.41) is 17.2. The average molecular weight is 318 g/mol. The summed E-state index contributed by atoms with van der Waals surface area (Å²) in [5.41, 5.74) is 0. The Morgan fingerprint density at radius 2 is 1.00 bits per heavy atom. The molecule has 0 heterocycles. The molecule has 0 saturated heterocycles. The third-order valence-corrected chi connectivity index (χ3v) is 3.14. The van der Waals surface area contributed by atoms with Crippen LogP contribution in [0.5, 0.6) is 0 Å². The standard InChI is InChI=1S/C16H30O6/c17-11-5-7-13-21-15(19)9-3-1-2-4-10-16(20)22-14-8-6-12-18/h17-18H,1-14H2. The van der Waals surface area contributed by atoms with Crippen LogP contribution >= 0.6 is 0 Å². The average Bonchev–Trinajstić information content (AvgIpc) is 2.51. The Hall–Kier alpha value is -1.14. The van der Waals surface area contributed by atoms with Crippen molar-refractivity contribution in [3.63, 3.8) is 0 Å². The molecule has 0 fully saturated rings. The van der Waals surface area contributed by atoms with Gasteiger partial charge in [-0.05, 0) is 38.5 Å². The van der Waals surface area contributed by atoms with E-state index in [0.29, 0.717) is 51.7 Å². The van der Waals surface area contributed by atoms with Gasteiger partial charge in [-0.15, -0.1) is 0 Å². The minimum Gasteiger partial charge on any atom is -0.466 e. The first-order valence-corrected chi connectivity index (χ1v) is 8.23. The Labute approximate surface area is 132 Å². The Bertz CT molecular complexity index is 252. The molecular formula is C16H30O6. The summed E-state index contributed by atoms with van der Waals surface area (Å²) < 4.78 is 10.0. The first kappa shape index (κ1) is 20.9. The van der Waals surface area contributed by atoms with Gasteiger partial charge in [0.15, 0.2) is 0 Å². The van der Waals surface area contributed by atoms with E-state index in [-0.39, 0.29) is 25.2 Å². The molecular weight excluding hydrogens is 288 g/mol. The molecule has 0 aromatic rings.